The number of anilines is 2. The van der Waals surface area contributed by atoms with Crippen molar-refractivity contribution < 1.29 is 14.3 Å². The first-order valence-corrected chi connectivity index (χ1v) is 9.43. The van der Waals surface area contributed by atoms with E-state index in [0.717, 1.165) is 22.7 Å². The van der Waals surface area contributed by atoms with Crippen molar-refractivity contribution in [1.82, 2.24) is 0 Å². The van der Waals surface area contributed by atoms with E-state index in [2.05, 4.69) is 5.32 Å². The van der Waals surface area contributed by atoms with Crippen LogP contribution in [0, 0.1) is 0 Å². The van der Waals surface area contributed by atoms with Crippen LogP contribution in [0.3, 0.4) is 0 Å². The number of hydrogen-bond acceptors (Lipinski definition) is 4. The van der Waals surface area contributed by atoms with Crippen molar-refractivity contribution in [3.05, 3.63) is 82.9 Å². The fourth-order valence-corrected chi connectivity index (χ4v) is 3.74. The number of hydrogen-bond donors (Lipinski definition) is 1. The van der Waals surface area contributed by atoms with Crippen molar-refractivity contribution in [1.29, 1.82) is 0 Å². The molecule has 3 aromatic carbocycles. The van der Waals surface area contributed by atoms with Gasteiger partial charge in [-0.2, -0.15) is 0 Å². The Bertz CT molecular complexity index is 1050. The first-order chi connectivity index (χ1) is 13.7. The van der Waals surface area contributed by atoms with Gasteiger partial charge in [0, 0.05) is 33.6 Å². The van der Waals surface area contributed by atoms with Gasteiger partial charge in [-0.25, -0.2) is 0 Å². The molecular weight excluding hydrogens is 376 g/mol. The molecular formula is C22H17ClN2O3. The summed E-state index contributed by atoms with van der Waals surface area (Å²) in [7, 11) is 0. The third kappa shape index (κ3) is 2.84. The molecule has 5 nitrogen and oxygen atoms in total. The zero-order valence-corrected chi connectivity index (χ0v) is 15.6. The fraction of sp³-hybridized carbons (Fsp3) is 0.136. The second-order valence-electron chi connectivity index (χ2n) is 6.64. The molecule has 140 valence electrons. The van der Waals surface area contributed by atoms with E-state index < -0.39 is 0 Å². The highest BCUT2D eigenvalue weighted by molar-refractivity contribution is 6.30. The average molecular weight is 393 g/mol. The zero-order valence-electron chi connectivity index (χ0n) is 14.9. The number of rotatable bonds is 3. The van der Waals surface area contributed by atoms with Crippen molar-refractivity contribution in [2.75, 3.05) is 23.4 Å². The van der Waals surface area contributed by atoms with Crippen LogP contribution in [0.2, 0.25) is 5.02 Å². The van der Waals surface area contributed by atoms with E-state index in [0.29, 0.717) is 29.5 Å². The molecule has 28 heavy (non-hydrogen) atoms. The molecule has 3 aromatic rings. The van der Waals surface area contributed by atoms with Crippen molar-refractivity contribution in [3.63, 3.8) is 0 Å². The van der Waals surface area contributed by atoms with Crippen LogP contribution in [0.25, 0.3) is 0 Å². The van der Waals surface area contributed by atoms with Gasteiger partial charge in [0.1, 0.15) is 19.4 Å². The van der Waals surface area contributed by atoms with Gasteiger partial charge in [0.2, 0.25) is 0 Å². The van der Waals surface area contributed by atoms with E-state index in [1.807, 2.05) is 54.6 Å². The molecule has 0 fully saturated rings. The quantitative estimate of drug-likeness (QED) is 0.690. The summed E-state index contributed by atoms with van der Waals surface area (Å²) in [6, 6.07) is 20.6. The van der Waals surface area contributed by atoms with Crippen LogP contribution in [0.5, 0.6) is 11.5 Å². The van der Waals surface area contributed by atoms with Gasteiger partial charge in [-0.15, -0.1) is 0 Å². The Morgan fingerprint density at radius 2 is 1.68 bits per heavy atom. The standard InChI is InChI=1S/C22H17ClN2O3/c23-14-5-8-16(9-6-14)25-21(17-3-1-2-4-18(17)22(25)26)24-15-7-10-19-20(13-15)28-12-11-27-19/h1-10,13,21,24H,11-12H2. The van der Waals surface area contributed by atoms with Gasteiger partial charge in [0.15, 0.2) is 11.5 Å². The third-order valence-electron chi connectivity index (χ3n) is 4.91. The average Bonchev–Trinajstić information content (AvgIpc) is 3.01. The summed E-state index contributed by atoms with van der Waals surface area (Å²) >= 11 is 6.03. The number of carbonyl (C=O) groups excluding carboxylic acids is 1. The summed E-state index contributed by atoms with van der Waals surface area (Å²) in [5, 5.41) is 4.11. The van der Waals surface area contributed by atoms with Gasteiger partial charge >= 0.3 is 0 Å². The van der Waals surface area contributed by atoms with Crippen LogP contribution in [-0.4, -0.2) is 19.1 Å². The van der Waals surface area contributed by atoms with Crippen LogP contribution < -0.4 is 19.7 Å². The highest BCUT2D eigenvalue weighted by Gasteiger charge is 2.37. The van der Waals surface area contributed by atoms with Crippen molar-refractivity contribution >= 4 is 28.9 Å². The van der Waals surface area contributed by atoms with Crippen molar-refractivity contribution in [2.24, 2.45) is 0 Å². The molecule has 0 aliphatic carbocycles. The summed E-state index contributed by atoms with van der Waals surface area (Å²) in [4.78, 5) is 14.9. The number of ether oxygens (including phenoxy) is 2. The molecule has 0 radical (unpaired) electrons. The lowest BCUT2D eigenvalue weighted by Crippen LogP contribution is -2.32. The predicted octanol–water partition coefficient (Wildman–Crippen LogP) is 4.88. The maximum absolute atomic E-state index is 13.1. The summed E-state index contributed by atoms with van der Waals surface area (Å²) < 4.78 is 11.3. The maximum atomic E-state index is 13.1. The molecule has 0 aromatic heterocycles. The number of carbonyl (C=O) groups is 1. The van der Waals surface area contributed by atoms with Gasteiger partial charge < -0.3 is 14.8 Å². The highest BCUT2D eigenvalue weighted by Crippen LogP contribution is 2.40. The Kier molecular flexibility index (Phi) is 4.10. The molecule has 0 spiro atoms. The van der Waals surface area contributed by atoms with Gasteiger partial charge in [0.05, 0.1) is 0 Å². The van der Waals surface area contributed by atoms with Crippen LogP contribution in [0.1, 0.15) is 22.1 Å². The second-order valence-corrected chi connectivity index (χ2v) is 7.08. The van der Waals surface area contributed by atoms with Gasteiger partial charge in [-0.3, -0.25) is 9.69 Å². The number of nitrogens with one attached hydrogen (secondary N) is 1. The topological polar surface area (TPSA) is 50.8 Å². The van der Waals surface area contributed by atoms with Crippen LogP contribution in [0.4, 0.5) is 11.4 Å². The molecule has 2 aliphatic heterocycles. The molecule has 2 aliphatic rings. The summed E-state index contributed by atoms with van der Waals surface area (Å²) in [6.45, 7) is 1.08. The lowest BCUT2D eigenvalue weighted by Gasteiger charge is -2.28. The van der Waals surface area contributed by atoms with E-state index in [4.69, 9.17) is 21.1 Å². The Morgan fingerprint density at radius 1 is 0.929 bits per heavy atom. The lowest BCUT2D eigenvalue weighted by atomic mass is 10.1. The SMILES string of the molecule is O=C1c2ccccc2C(Nc2ccc3c(c2)OCCO3)N1c1ccc(Cl)cc1. The monoisotopic (exact) mass is 392 g/mol. The number of fused-ring (bicyclic) bond motifs is 2. The van der Waals surface area contributed by atoms with Crippen LogP contribution in [0.15, 0.2) is 66.7 Å². The molecule has 1 unspecified atom stereocenters. The van der Waals surface area contributed by atoms with E-state index in [1.165, 1.54) is 0 Å². The largest absolute Gasteiger partial charge is 0.486 e. The first-order valence-electron chi connectivity index (χ1n) is 9.05. The number of halogens is 1. The van der Waals surface area contributed by atoms with E-state index in [-0.39, 0.29) is 12.1 Å². The second kappa shape index (κ2) is 6.77. The van der Waals surface area contributed by atoms with E-state index in [1.54, 1.807) is 17.0 Å². The zero-order chi connectivity index (χ0) is 19.1. The minimum absolute atomic E-state index is 0.0482. The molecule has 6 heteroatoms. The number of nitrogens with zero attached hydrogens (tertiary/aromatic N) is 1. The molecule has 2 heterocycles. The molecule has 5 rings (SSSR count). The van der Waals surface area contributed by atoms with E-state index >= 15 is 0 Å². The lowest BCUT2D eigenvalue weighted by molar-refractivity contribution is 0.0993. The van der Waals surface area contributed by atoms with Crippen molar-refractivity contribution in [2.45, 2.75) is 6.17 Å². The van der Waals surface area contributed by atoms with E-state index in [9.17, 15) is 4.79 Å². The Labute approximate surface area is 167 Å². The van der Waals surface area contributed by atoms with Crippen LogP contribution >= 0.6 is 11.6 Å². The van der Waals surface area contributed by atoms with Crippen molar-refractivity contribution in [3.8, 4) is 11.5 Å². The molecule has 0 bridgehead atoms. The predicted molar refractivity (Wildman–Crippen MR) is 108 cm³/mol. The van der Waals surface area contributed by atoms with Gasteiger partial charge in [-0.1, -0.05) is 29.8 Å². The number of amides is 1. The molecule has 1 amide bonds. The molecule has 0 saturated heterocycles. The smallest absolute Gasteiger partial charge is 0.260 e. The minimum atomic E-state index is -0.340. The normalized spacial score (nSPS) is 17.4. The summed E-state index contributed by atoms with van der Waals surface area (Å²) in [5.41, 5.74) is 3.24. The van der Waals surface area contributed by atoms with Gasteiger partial charge in [-0.05, 0) is 42.5 Å². The first kappa shape index (κ1) is 17.0. The third-order valence-corrected chi connectivity index (χ3v) is 5.17. The maximum Gasteiger partial charge on any atom is 0.260 e. The Morgan fingerprint density at radius 3 is 2.50 bits per heavy atom. The minimum Gasteiger partial charge on any atom is -0.486 e. The Balaban J connectivity index is 1.54. The van der Waals surface area contributed by atoms with Gasteiger partial charge in [0.25, 0.3) is 5.91 Å². The molecule has 1 N–H and O–H groups in total. The number of benzene rings is 3. The molecule has 0 saturated carbocycles. The summed E-state index contributed by atoms with van der Waals surface area (Å²) in [5.74, 6) is 1.38. The highest BCUT2D eigenvalue weighted by atomic mass is 35.5. The fourth-order valence-electron chi connectivity index (χ4n) is 3.62. The summed E-state index contributed by atoms with van der Waals surface area (Å²) in [6.07, 6.45) is -0.340. The molecule has 1 atom stereocenters. The Hall–Kier alpha value is -3.18. The van der Waals surface area contributed by atoms with Crippen LogP contribution in [-0.2, 0) is 0 Å².